The second-order valence-corrected chi connectivity index (χ2v) is 7.99. The lowest BCUT2D eigenvalue weighted by Crippen LogP contribution is -2.42. The Morgan fingerprint density at radius 2 is 1.90 bits per heavy atom. The third-order valence-corrected chi connectivity index (χ3v) is 6.33. The largest absolute Gasteiger partial charge is 0.396 e. The number of nitrogens with two attached hydrogens (primary N) is 1. The van der Waals surface area contributed by atoms with Gasteiger partial charge in [-0.2, -0.15) is 4.31 Å². The van der Waals surface area contributed by atoms with Crippen molar-refractivity contribution in [3.8, 4) is 0 Å². The molecule has 6 heteroatoms. The van der Waals surface area contributed by atoms with Crippen LogP contribution in [0.2, 0.25) is 0 Å². The van der Waals surface area contributed by atoms with E-state index in [1.165, 1.54) is 23.4 Å². The number of nitrogen functional groups attached to an aromatic ring is 1. The van der Waals surface area contributed by atoms with E-state index in [2.05, 4.69) is 6.92 Å². The number of nitrogens with zero attached hydrogens (tertiary/aromatic N) is 1. The molecule has 0 spiro atoms. The van der Waals surface area contributed by atoms with E-state index in [1.807, 2.05) is 0 Å². The van der Waals surface area contributed by atoms with Gasteiger partial charge in [0.1, 0.15) is 5.82 Å². The number of anilines is 1. The van der Waals surface area contributed by atoms with E-state index < -0.39 is 15.8 Å². The zero-order chi connectivity index (χ0) is 15.8. The van der Waals surface area contributed by atoms with Crippen LogP contribution in [0.5, 0.6) is 0 Å². The summed E-state index contributed by atoms with van der Waals surface area (Å²) in [7, 11) is -2.04. The van der Waals surface area contributed by atoms with Crippen molar-refractivity contribution in [2.45, 2.75) is 50.5 Å². The number of benzene rings is 1. The van der Waals surface area contributed by atoms with Gasteiger partial charge in [-0.05, 0) is 43.4 Å². The first kappa shape index (κ1) is 16.2. The summed E-state index contributed by atoms with van der Waals surface area (Å²) in [5, 5.41) is 0. The third kappa shape index (κ3) is 3.06. The van der Waals surface area contributed by atoms with E-state index in [9.17, 15) is 12.8 Å². The second kappa shape index (κ2) is 5.93. The van der Waals surface area contributed by atoms with Crippen LogP contribution in [-0.2, 0) is 10.0 Å². The van der Waals surface area contributed by atoms with Gasteiger partial charge in [-0.3, -0.25) is 0 Å². The average Bonchev–Trinajstić information content (AvgIpc) is 2.44. The van der Waals surface area contributed by atoms with Crippen molar-refractivity contribution >= 4 is 15.7 Å². The lowest BCUT2D eigenvalue weighted by molar-refractivity contribution is 0.213. The molecule has 2 unspecified atom stereocenters. The summed E-state index contributed by atoms with van der Waals surface area (Å²) in [6.07, 6.45) is 4.09. The highest BCUT2D eigenvalue weighted by Gasteiger charge is 2.33. The number of hydrogen-bond acceptors (Lipinski definition) is 3. The van der Waals surface area contributed by atoms with Crippen LogP contribution >= 0.6 is 0 Å². The highest BCUT2D eigenvalue weighted by Crippen LogP contribution is 2.31. The van der Waals surface area contributed by atoms with Gasteiger partial charge >= 0.3 is 0 Å². The molecule has 0 bridgehead atoms. The Hall–Kier alpha value is -1.14. The maximum atomic E-state index is 13.6. The van der Waals surface area contributed by atoms with Gasteiger partial charge in [0, 0.05) is 13.1 Å². The smallest absolute Gasteiger partial charge is 0.243 e. The van der Waals surface area contributed by atoms with Crippen LogP contribution in [0, 0.1) is 18.7 Å². The number of sulfonamides is 1. The van der Waals surface area contributed by atoms with Gasteiger partial charge in [0.2, 0.25) is 10.0 Å². The molecule has 0 amide bonds. The molecule has 1 aromatic carbocycles. The van der Waals surface area contributed by atoms with Crippen LogP contribution in [0.25, 0.3) is 0 Å². The molecule has 1 aliphatic rings. The molecule has 0 saturated heterocycles. The van der Waals surface area contributed by atoms with Crippen molar-refractivity contribution in [3.63, 3.8) is 0 Å². The predicted molar refractivity (Wildman–Crippen MR) is 81.9 cm³/mol. The predicted octanol–water partition coefficient (Wildman–Crippen LogP) is 2.92. The molecule has 0 aromatic heterocycles. The highest BCUT2D eigenvalue weighted by atomic mass is 32.2. The molecular weight excluding hydrogens is 291 g/mol. The summed E-state index contributed by atoms with van der Waals surface area (Å²) >= 11 is 0. The summed E-state index contributed by atoms with van der Waals surface area (Å²) in [4.78, 5) is 0.0687. The van der Waals surface area contributed by atoms with E-state index in [1.54, 1.807) is 7.05 Å². The van der Waals surface area contributed by atoms with Crippen molar-refractivity contribution in [3.05, 3.63) is 23.5 Å². The molecule has 1 aromatic rings. The first-order valence-corrected chi connectivity index (χ1v) is 8.73. The number of halogens is 1. The fourth-order valence-corrected chi connectivity index (χ4v) is 4.70. The molecule has 1 aliphatic carbocycles. The van der Waals surface area contributed by atoms with E-state index >= 15 is 0 Å². The maximum absolute atomic E-state index is 13.6. The molecule has 0 radical (unpaired) electrons. The average molecular weight is 314 g/mol. The molecule has 1 saturated carbocycles. The molecule has 2 atom stereocenters. The van der Waals surface area contributed by atoms with Gasteiger partial charge in [0.25, 0.3) is 0 Å². The van der Waals surface area contributed by atoms with E-state index in [-0.39, 0.29) is 22.2 Å². The Labute approximate surface area is 126 Å². The minimum Gasteiger partial charge on any atom is -0.396 e. The van der Waals surface area contributed by atoms with E-state index in [0.717, 1.165) is 25.7 Å². The Morgan fingerprint density at radius 1 is 1.29 bits per heavy atom. The van der Waals surface area contributed by atoms with E-state index in [0.29, 0.717) is 5.92 Å². The first-order valence-electron chi connectivity index (χ1n) is 7.28. The van der Waals surface area contributed by atoms with Crippen molar-refractivity contribution in [2.24, 2.45) is 5.92 Å². The summed E-state index contributed by atoms with van der Waals surface area (Å²) in [5.41, 5.74) is 5.69. The van der Waals surface area contributed by atoms with Crippen molar-refractivity contribution in [1.82, 2.24) is 4.31 Å². The zero-order valence-electron chi connectivity index (χ0n) is 12.8. The Bertz CT molecular complexity index is 608. The SMILES string of the molecule is Cc1cc(S(=O)(=O)N(C)C2CCCCC2C)cc(N)c1F. The Balaban J connectivity index is 2.37. The molecule has 0 aliphatic heterocycles. The lowest BCUT2D eigenvalue weighted by atomic mass is 9.86. The Kier molecular flexibility index (Phi) is 4.58. The molecule has 4 nitrogen and oxygen atoms in total. The lowest BCUT2D eigenvalue weighted by Gasteiger charge is -2.35. The highest BCUT2D eigenvalue weighted by molar-refractivity contribution is 7.89. The van der Waals surface area contributed by atoms with Crippen molar-refractivity contribution in [1.29, 1.82) is 0 Å². The second-order valence-electron chi connectivity index (χ2n) is 5.99. The van der Waals surface area contributed by atoms with Crippen LogP contribution in [-0.4, -0.2) is 25.8 Å². The van der Waals surface area contributed by atoms with Crippen LogP contribution in [0.3, 0.4) is 0 Å². The topological polar surface area (TPSA) is 63.4 Å². The summed E-state index contributed by atoms with van der Waals surface area (Å²) < 4.78 is 40.5. The van der Waals surface area contributed by atoms with Crippen LogP contribution in [0.15, 0.2) is 17.0 Å². The van der Waals surface area contributed by atoms with E-state index in [4.69, 9.17) is 5.73 Å². The number of aryl methyl sites for hydroxylation is 1. The quantitative estimate of drug-likeness (QED) is 0.873. The fraction of sp³-hybridized carbons (Fsp3) is 0.600. The van der Waals surface area contributed by atoms with Gasteiger partial charge < -0.3 is 5.73 Å². The summed E-state index contributed by atoms with van der Waals surface area (Å²) in [6, 6.07) is 2.56. The normalized spacial score (nSPS) is 23.5. The van der Waals surface area contributed by atoms with Gasteiger partial charge in [0.15, 0.2) is 0 Å². The number of rotatable bonds is 3. The zero-order valence-corrected chi connectivity index (χ0v) is 13.6. The minimum atomic E-state index is -3.65. The molecule has 118 valence electrons. The monoisotopic (exact) mass is 314 g/mol. The Morgan fingerprint density at radius 3 is 2.48 bits per heavy atom. The molecular formula is C15H23FN2O2S. The van der Waals surface area contributed by atoms with Gasteiger partial charge in [-0.25, -0.2) is 12.8 Å². The minimum absolute atomic E-state index is 0.00432. The van der Waals surface area contributed by atoms with Gasteiger partial charge in [0.05, 0.1) is 10.6 Å². The van der Waals surface area contributed by atoms with Crippen LogP contribution < -0.4 is 5.73 Å². The first-order chi connectivity index (χ1) is 9.75. The summed E-state index contributed by atoms with van der Waals surface area (Å²) in [5.74, 6) is -0.222. The molecule has 2 N–H and O–H groups in total. The standard InChI is InChI=1S/C15H23FN2O2S/c1-10-6-4-5-7-14(10)18(3)21(19,20)12-8-11(2)15(16)13(17)9-12/h8-10,14H,4-7,17H2,1-3H3. The van der Waals surface area contributed by atoms with Crippen molar-refractivity contribution in [2.75, 3.05) is 12.8 Å². The number of hydrogen-bond donors (Lipinski definition) is 1. The summed E-state index contributed by atoms with van der Waals surface area (Å²) in [6.45, 7) is 3.61. The van der Waals surface area contributed by atoms with Gasteiger partial charge in [-0.1, -0.05) is 19.8 Å². The maximum Gasteiger partial charge on any atom is 0.243 e. The third-order valence-electron chi connectivity index (χ3n) is 4.47. The molecule has 21 heavy (non-hydrogen) atoms. The van der Waals surface area contributed by atoms with Crippen LogP contribution in [0.1, 0.15) is 38.2 Å². The molecule has 2 rings (SSSR count). The molecule has 1 fully saturated rings. The van der Waals surface area contributed by atoms with Crippen molar-refractivity contribution < 1.29 is 12.8 Å². The van der Waals surface area contributed by atoms with Crippen LogP contribution in [0.4, 0.5) is 10.1 Å². The fourth-order valence-electron chi connectivity index (χ4n) is 3.09. The van der Waals surface area contributed by atoms with Gasteiger partial charge in [-0.15, -0.1) is 0 Å². The molecule has 0 heterocycles.